The average Bonchev–Trinajstić information content (AvgIpc) is 3.34. The zero-order valence-corrected chi connectivity index (χ0v) is 23.3. The van der Waals surface area contributed by atoms with Crippen molar-refractivity contribution in [1.82, 2.24) is 24.6 Å². The van der Waals surface area contributed by atoms with Crippen molar-refractivity contribution < 1.29 is 18.0 Å². The Kier molecular flexibility index (Phi) is 7.14. The van der Waals surface area contributed by atoms with Gasteiger partial charge in [-0.3, -0.25) is 4.79 Å². The number of aromatic nitrogens is 4. The highest BCUT2D eigenvalue weighted by atomic mass is 19.4. The van der Waals surface area contributed by atoms with Gasteiger partial charge in [-0.2, -0.15) is 18.3 Å². The monoisotopic (exact) mass is 570 g/mol. The summed E-state index contributed by atoms with van der Waals surface area (Å²) in [6.45, 7) is 5.83. The second-order valence-corrected chi connectivity index (χ2v) is 10.5. The number of benzene rings is 3. The molecular weight excluding hydrogens is 541 g/mol. The Hall–Kier alpha value is -4.73. The molecule has 1 aliphatic heterocycles. The third-order valence-corrected chi connectivity index (χ3v) is 7.54. The van der Waals surface area contributed by atoms with Gasteiger partial charge in [0.1, 0.15) is 11.6 Å². The van der Waals surface area contributed by atoms with E-state index in [9.17, 15) is 18.0 Å². The number of aryl methyl sites for hydroxylation is 2. The van der Waals surface area contributed by atoms with Crippen LogP contribution < -0.4 is 4.90 Å². The summed E-state index contributed by atoms with van der Waals surface area (Å²) in [5.74, 6) is 1.15. The number of piperazine rings is 1. The highest BCUT2D eigenvalue weighted by Gasteiger charge is 2.31. The number of anilines is 1. The van der Waals surface area contributed by atoms with E-state index in [-0.39, 0.29) is 11.5 Å². The molecule has 214 valence electrons. The molecule has 0 aliphatic carbocycles. The van der Waals surface area contributed by atoms with Crippen molar-refractivity contribution in [3.05, 3.63) is 113 Å². The standard InChI is InChI=1S/C32H29F3N6O/c1-21-8-10-23(11-9-21)20-27-36-29(28-22(2)38-41(30(28)37-27)26-6-4-3-5-7-26)39-16-18-40(19-17-39)31(42)24-12-14-25(15-13-24)32(33,34)35/h3-15H,16-20H2,1-2H3. The molecule has 1 aliphatic rings. The summed E-state index contributed by atoms with van der Waals surface area (Å²) in [5, 5.41) is 5.68. The van der Waals surface area contributed by atoms with Crippen LogP contribution in [0.25, 0.3) is 16.7 Å². The maximum absolute atomic E-state index is 13.1. The topological polar surface area (TPSA) is 67.2 Å². The SMILES string of the molecule is Cc1ccc(Cc2nc(N3CCN(C(=O)c4ccc(C(F)(F)F)cc4)CC3)c3c(C)nn(-c4ccccc4)c3n2)cc1. The Bertz CT molecular complexity index is 1720. The minimum absolute atomic E-state index is 0.237. The highest BCUT2D eigenvalue weighted by Crippen LogP contribution is 2.31. The Labute approximate surface area is 241 Å². The van der Waals surface area contributed by atoms with Gasteiger partial charge in [-0.25, -0.2) is 14.6 Å². The van der Waals surface area contributed by atoms with Crippen molar-refractivity contribution in [2.24, 2.45) is 0 Å². The summed E-state index contributed by atoms with van der Waals surface area (Å²) in [6, 6.07) is 22.5. The number of rotatable bonds is 5. The van der Waals surface area contributed by atoms with Crippen molar-refractivity contribution in [2.75, 3.05) is 31.1 Å². The first kappa shape index (κ1) is 27.4. The molecule has 7 nitrogen and oxygen atoms in total. The second-order valence-electron chi connectivity index (χ2n) is 10.5. The maximum Gasteiger partial charge on any atom is 0.416 e. The van der Waals surface area contributed by atoms with Gasteiger partial charge in [0.15, 0.2) is 5.65 Å². The van der Waals surface area contributed by atoms with E-state index in [2.05, 4.69) is 29.2 Å². The molecule has 0 bridgehead atoms. The molecule has 0 unspecified atom stereocenters. The van der Waals surface area contributed by atoms with E-state index in [4.69, 9.17) is 15.1 Å². The molecule has 1 fully saturated rings. The van der Waals surface area contributed by atoms with Crippen LogP contribution in [0.5, 0.6) is 0 Å². The Balaban J connectivity index is 1.30. The van der Waals surface area contributed by atoms with Gasteiger partial charge in [-0.05, 0) is 55.8 Å². The smallest absolute Gasteiger partial charge is 0.352 e. The first-order chi connectivity index (χ1) is 20.2. The van der Waals surface area contributed by atoms with Gasteiger partial charge in [0.05, 0.1) is 22.3 Å². The van der Waals surface area contributed by atoms with Crippen LogP contribution >= 0.6 is 0 Å². The first-order valence-electron chi connectivity index (χ1n) is 13.8. The summed E-state index contributed by atoms with van der Waals surface area (Å²) in [4.78, 5) is 26.9. The van der Waals surface area contributed by atoms with Crippen LogP contribution in [-0.4, -0.2) is 56.7 Å². The fraction of sp³-hybridized carbons (Fsp3) is 0.250. The molecule has 0 N–H and O–H groups in total. The highest BCUT2D eigenvalue weighted by molar-refractivity contribution is 5.95. The van der Waals surface area contributed by atoms with E-state index >= 15 is 0 Å². The predicted molar refractivity (Wildman–Crippen MR) is 155 cm³/mol. The lowest BCUT2D eigenvalue weighted by atomic mass is 10.1. The summed E-state index contributed by atoms with van der Waals surface area (Å²) < 4.78 is 40.7. The molecule has 1 amide bonds. The van der Waals surface area contributed by atoms with Crippen LogP contribution in [0.2, 0.25) is 0 Å². The van der Waals surface area contributed by atoms with Crippen LogP contribution in [0.15, 0.2) is 78.9 Å². The van der Waals surface area contributed by atoms with E-state index in [1.807, 2.05) is 48.9 Å². The largest absolute Gasteiger partial charge is 0.416 e. The van der Waals surface area contributed by atoms with Crippen molar-refractivity contribution in [3.8, 4) is 5.69 Å². The number of carbonyl (C=O) groups excluding carboxylic acids is 1. The normalized spacial score (nSPS) is 14.0. The summed E-state index contributed by atoms with van der Waals surface area (Å²) >= 11 is 0. The molecule has 0 radical (unpaired) electrons. The fourth-order valence-electron chi connectivity index (χ4n) is 5.26. The van der Waals surface area contributed by atoms with E-state index in [1.54, 1.807) is 4.90 Å². The molecule has 1 saturated heterocycles. The maximum atomic E-state index is 13.1. The van der Waals surface area contributed by atoms with Gasteiger partial charge in [-0.15, -0.1) is 0 Å². The third-order valence-electron chi connectivity index (χ3n) is 7.54. The molecule has 6 rings (SSSR count). The molecule has 10 heteroatoms. The van der Waals surface area contributed by atoms with Crippen molar-refractivity contribution in [1.29, 1.82) is 0 Å². The summed E-state index contributed by atoms with van der Waals surface area (Å²) in [7, 11) is 0. The lowest BCUT2D eigenvalue weighted by molar-refractivity contribution is -0.137. The molecule has 3 aromatic carbocycles. The lowest BCUT2D eigenvalue weighted by Crippen LogP contribution is -2.49. The first-order valence-corrected chi connectivity index (χ1v) is 13.8. The van der Waals surface area contributed by atoms with E-state index < -0.39 is 11.7 Å². The Morgan fingerprint density at radius 1 is 0.833 bits per heavy atom. The second kappa shape index (κ2) is 10.9. The summed E-state index contributed by atoms with van der Waals surface area (Å²) in [6.07, 6.45) is -3.89. The molecule has 5 aromatic rings. The fourth-order valence-corrected chi connectivity index (χ4v) is 5.26. The van der Waals surface area contributed by atoms with Crippen LogP contribution in [0.1, 0.15) is 38.6 Å². The number of fused-ring (bicyclic) bond motifs is 1. The Morgan fingerprint density at radius 3 is 2.14 bits per heavy atom. The van der Waals surface area contributed by atoms with E-state index in [1.165, 1.54) is 17.7 Å². The molecule has 0 saturated carbocycles. The number of hydrogen-bond donors (Lipinski definition) is 0. The average molecular weight is 571 g/mol. The lowest BCUT2D eigenvalue weighted by Gasteiger charge is -2.36. The molecule has 2 aromatic heterocycles. The zero-order chi connectivity index (χ0) is 29.4. The third kappa shape index (κ3) is 5.44. The van der Waals surface area contributed by atoms with E-state index in [0.717, 1.165) is 40.3 Å². The number of nitrogens with zero attached hydrogens (tertiary/aromatic N) is 6. The predicted octanol–water partition coefficient (Wildman–Crippen LogP) is 6.00. The van der Waals surface area contributed by atoms with Crippen molar-refractivity contribution >= 4 is 22.8 Å². The molecule has 0 atom stereocenters. The van der Waals surface area contributed by atoms with Gasteiger partial charge >= 0.3 is 6.18 Å². The van der Waals surface area contributed by atoms with Crippen molar-refractivity contribution in [3.63, 3.8) is 0 Å². The van der Waals surface area contributed by atoms with Crippen molar-refractivity contribution in [2.45, 2.75) is 26.4 Å². The van der Waals surface area contributed by atoms with Gasteiger partial charge in [0.25, 0.3) is 5.91 Å². The van der Waals surface area contributed by atoms with Crippen LogP contribution in [-0.2, 0) is 12.6 Å². The number of para-hydroxylation sites is 1. The van der Waals surface area contributed by atoms with Gasteiger partial charge in [-0.1, -0.05) is 48.0 Å². The zero-order valence-electron chi connectivity index (χ0n) is 23.3. The van der Waals surface area contributed by atoms with Gasteiger partial charge in [0.2, 0.25) is 0 Å². The quantitative estimate of drug-likeness (QED) is 0.259. The molecule has 3 heterocycles. The van der Waals surface area contributed by atoms with Gasteiger partial charge in [0, 0.05) is 38.2 Å². The van der Waals surface area contributed by atoms with Gasteiger partial charge < -0.3 is 9.80 Å². The van der Waals surface area contributed by atoms with Crippen LogP contribution in [0, 0.1) is 13.8 Å². The molecule has 0 spiro atoms. The van der Waals surface area contributed by atoms with Crippen LogP contribution in [0.3, 0.4) is 0 Å². The number of amides is 1. The molecule has 42 heavy (non-hydrogen) atoms. The number of hydrogen-bond acceptors (Lipinski definition) is 5. The number of halogens is 3. The van der Waals surface area contributed by atoms with E-state index in [0.29, 0.717) is 44.1 Å². The minimum atomic E-state index is -4.44. The minimum Gasteiger partial charge on any atom is -0.352 e. The number of alkyl halides is 3. The summed E-state index contributed by atoms with van der Waals surface area (Å²) in [5.41, 5.74) is 4.15. The Morgan fingerprint density at radius 2 is 1.50 bits per heavy atom. The molecular formula is C32H29F3N6O. The van der Waals surface area contributed by atoms with Crippen LogP contribution in [0.4, 0.5) is 19.0 Å². The number of carbonyl (C=O) groups is 1.